The molecule has 1 heterocycles. The highest BCUT2D eigenvalue weighted by Gasteiger charge is 2.07. The average molecular weight is 360 g/mol. The summed E-state index contributed by atoms with van der Waals surface area (Å²) in [5.74, 6) is 1.66. The summed E-state index contributed by atoms with van der Waals surface area (Å²) < 4.78 is 5.53. The van der Waals surface area contributed by atoms with Gasteiger partial charge in [0.1, 0.15) is 5.76 Å². The van der Waals surface area contributed by atoms with E-state index < -0.39 is 0 Å². The Kier molecular flexibility index (Phi) is 25.3. The van der Waals surface area contributed by atoms with Gasteiger partial charge in [0, 0.05) is 19.8 Å². The first-order valence-corrected chi connectivity index (χ1v) is 9.59. The van der Waals surface area contributed by atoms with Crippen molar-refractivity contribution in [3.63, 3.8) is 0 Å². The first-order chi connectivity index (χ1) is 12.6. The number of aromatic nitrogens is 1. The zero-order valence-corrected chi connectivity index (χ0v) is 18.3. The van der Waals surface area contributed by atoms with Crippen LogP contribution in [0.5, 0.6) is 0 Å². The molecule has 26 heavy (non-hydrogen) atoms. The largest absolute Gasteiger partial charge is 0.445 e. The first kappa shape index (κ1) is 28.7. The standard InChI is InChI=1S/C15H21NO.C5H10.C2H6.C2H4/c1-5-8-12(3)10-7-11-14-15(9-6-2)17-13(4)16-14;1-3-5-4-2;2*1-2/h6-8,10H,2,5,9,11H2,1,3-4H3;3,5H,4H2,1-2H3;1-2H3;1-2H2/b10-7-,12-8-;5-3+;;. The monoisotopic (exact) mass is 359 g/mol. The van der Waals surface area contributed by atoms with Gasteiger partial charge >= 0.3 is 0 Å². The van der Waals surface area contributed by atoms with Crippen LogP contribution < -0.4 is 0 Å². The quantitative estimate of drug-likeness (QED) is 0.364. The lowest BCUT2D eigenvalue weighted by atomic mass is 10.1. The van der Waals surface area contributed by atoms with Crippen molar-refractivity contribution in [2.24, 2.45) is 0 Å². The normalized spacial score (nSPS) is 10.3. The minimum absolute atomic E-state index is 0.728. The van der Waals surface area contributed by atoms with E-state index in [9.17, 15) is 0 Å². The Hall–Kier alpha value is -2.09. The fourth-order valence-corrected chi connectivity index (χ4v) is 1.94. The minimum Gasteiger partial charge on any atom is -0.445 e. The molecule has 0 saturated heterocycles. The van der Waals surface area contributed by atoms with E-state index >= 15 is 0 Å². The molecule has 1 aromatic heterocycles. The fraction of sp³-hybridized carbons (Fsp3) is 0.458. The van der Waals surface area contributed by atoms with Crippen LogP contribution >= 0.6 is 0 Å². The number of hydrogen-bond donors (Lipinski definition) is 0. The van der Waals surface area contributed by atoms with Crippen molar-refractivity contribution in [3.05, 3.63) is 79.1 Å². The van der Waals surface area contributed by atoms with Crippen LogP contribution in [0.3, 0.4) is 0 Å². The summed E-state index contributed by atoms with van der Waals surface area (Å²) in [4.78, 5) is 4.39. The molecule has 0 amide bonds. The highest BCUT2D eigenvalue weighted by atomic mass is 16.4. The average Bonchev–Trinajstić information content (AvgIpc) is 3.00. The van der Waals surface area contributed by atoms with Crippen LogP contribution in [0.4, 0.5) is 0 Å². The van der Waals surface area contributed by atoms with Gasteiger partial charge in [0.25, 0.3) is 0 Å². The Morgan fingerprint density at radius 1 is 1.08 bits per heavy atom. The SMILES string of the molecule is C/C=C/CC.C=C.C=CCc1oc(C)nc1C/C=C\C(C)=C/CC.CC. The second-order valence-corrected chi connectivity index (χ2v) is 5.04. The van der Waals surface area contributed by atoms with Gasteiger partial charge in [0.2, 0.25) is 0 Å². The molecule has 0 N–H and O–H groups in total. The van der Waals surface area contributed by atoms with Crippen molar-refractivity contribution >= 4 is 0 Å². The number of aryl methyl sites for hydroxylation is 1. The zero-order valence-electron chi connectivity index (χ0n) is 18.3. The summed E-state index contributed by atoms with van der Waals surface area (Å²) in [6, 6.07) is 0. The van der Waals surface area contributed by atoms with E-state index in [1.54, 1.807) is 0 Å². The molecule has 0 aliphatic heterocycles. The number of allylic oxidation sites excluding steroid dienone is 7. The number of nitrogens with zero attached hydrogens (tertiary/aromatic N) is 1. The van der Waals surface area contributed by atoms with Gasteiger partial charge in [-0.3, -0.25) is 0 Å². The van der Waals surface area contributed by atoms with Gasteiger partial charge in [-0.2, -0.15) is 0 Å². The van der Waals surface area contributed by atoms with Crippen LogP contribution in [0.1, 0.15) is 71.7 Å². The van der Waals surface area contributed by atoms with E-state index in [-0.39, 0.29) is 0 Å². The van der Waals surface area contributed by atoms with Crippen molar-refractivity contribution in [1.82, 2.24) is 4.98 Å². The van der Waals surface area contributed by atoms with Crippen molar-refractivity contribution < 1.29 is 4.42 Å². The van der Waals surface area contributed by atoms with Gasteiger partial charge < -0.3 is 4.42 Å². The molecule has 148 valence electrons. The fourth-order valence-electron chi connectivity index (χ4n) is 1.94. The van der Waals surface area contributed by atoms with Crippen LogP contribution in [0.2, 0.25) is 0 Å². The molecule has 0 aliphatic rings. The first-order valence-electron chi connectivity index (χ1n) is 9.59. The zero-order chi connectivity index (χ0) is 20.8. The van der Waals surface area contributed by atoms with Gasteiger partial charge in [-0.25, -0.2) is 4.98 Å². The van der Waals surface area contributed by atoms with E-state index in [2.05, 4.69) is 75.9 Å². The minimum atomic E-state index is 0.728. The molecule has 0 aromatic carbocycles. The highest BCUT2D eigenvalue weighted by Crippen LogP contribution is 2.13. The second kappa shape index (κ2) is 22.9. The lowest BCUT2D eigenvalue weighted by Crippen LogP contribution is -1.88. The molecule has 2 nitrogen and oxygen atoms in total. The maximum atomic E-state index is 5.53. The number of rotatable bonds is 7. The Balaban J connectivity index is -0.000000497. The van der Waals surface area contributed by atoms with Crippen molar-refractivity contribution in [1.29, 1.82) is 0 Å². The summed E-state index contributed by atoms with van der Waals surface area (Å²) in [6.07, 6.45) is 16.3. The summed E-state index contributed by atoms with van der Waals surface area (Å²) >= 11 is 0. The van der Waals surface area contributed by atoms with Crippen LogP contribution in [0, 0.1) is 6.92 Å². The summed E-state index contributed by atoms with van der Waals surface area (Å²) in [7, 11) is 0. The van der Waals surface area contributed by atoms with E-state index in [0.29, 0.717) is 0 Å². The Morgan fingerprint density at radius 2 is 1.69 bits per heavy atom. The van der Waals surface area contributed by atoms with E-state index in [1.165, 1.54) is 5.57 Å². The smallest absolute Gasteiger partial charge is 0.191 e. The predicted molar refractivity (Wildman–Crippen MR) is 120 cm³/mol. The third-order valence-electron chi connectivity index (χ3n) is 2.90. The molecule has 0 bridgehead atoms. The maximum Gasteiger partial charge on any atom is 0.191 e. The molecule has 0 aliphatic carbocycles. The maximum absolute atomic E-state index is 5.53. The molecule has 0 radical (unpaired) electrons. The number of oxazole rings is 1. The van der Waals surface area contributed by atoms with Crippen molar-refractivity contribution in [2.75, 3.05) is 0 Å². The summed E-state index contributed by atoms with van der Waals surface area (Å²) in [5.41, 5.74) is 2.31. The summed E-state index contributed by atoms with van der Waals surface area (Å²) in [6.45, 7) is 24.0. The van der Waals surface area contributed by atoms with Gasteiger partial charge in [0.15, 0.2) is 5.89 Å². The molecule has 1 rings (SSSR count). The van der Waals surface area contributed by atoms with Crippen LogP contribution in [-0.4, -0.2) is 4.98 Å². The molecular formula is C24H41NO. The molecule has 0 atom stereocenters. The topological polar surface area (TPSA) is 26.0 Å². The number of hydrogen-bond acceptors (Lipinski definition) is 2. The van der Waals surface area contributed by atoms with Gasteiger partial charge in [-0.15, -0.1) is 19.7 Å². The van der Waals surface area contributed by atoms with E-state index in [1.807, 2.05) is 33.8 Å². The lowest BCUT2D eigenvalue weighted by molar-refractivity contribution is 0.484. The van der Waals surface area contributed by atoms with Gasteiger partial charge in [-0.05, 0) is 26.7 Å². The third kappa shape index (κ3) is 16.8. The molecule has 0 saturated carbocycles. The van der Waals surface area contributed by atoms with Crippen molar-refractivity contribution in [3.8, 4) is 0 Å². The highest BCUT2D eigenvalue weighted by molar-refractivity contribution is 5.20. The lowest BCUT2D eigenvalue weighted by Gasteiger charge is -1.94. The summed E-state index contributed by atoms with van der Waals surface area (Å²) in [5, 5.41) is 0. The van der Waals surface area contributed by atoms with Crippen molar-refractivity contribution in [2.45, 2.75) is 74.1 Å². The van der Waals surface area contributed by atoms with E-state index in [4.69, 9.17) is 4.42 Å². The van der Waals surface area contributed by atoms with Crippen LogP contribution in [-0.2, 0) is 12.8 Å². The van der Waals surface area contributed by atoms with E-state index in [0.717, 1.165) is 43.0 Å². The second-order valence-electron chi connectivity index (χ2n) is 5.04. The molecular weight excluding hydrogens is 318 g/mol. The Labute approximate surface area is 163 Å². The molecule has 0 fully saturated rings. The third-order valence-corrected chi connectivity index (χ3v) is 2.90. The Bertz CT molecular complexity index is 518. The Morgan fingerprint density at radius 3 is 2.12 bits per heavy atom. The molecule has 2 heteroatoms. The predicted octanol–water partition coefficient (Wildman–Crippen LogP) is 7.97. The van der Waals surface area contributed by atoms with Crippen LogP contribution in [0.15, 0.2) is 66.2 Å². The molecule has 0 unspecified atom stereocenters. The van der Waals surface area contributed by atoms with Crippen LogP contribution in [0.25, 0.3) is 0 Å². The molecule has 1 aromatic rings. The van der Waals surface area contributed by atoms with Gasteiger partial charge in [-0.1, -0.05) is 69.7 Å². The molecule has 0 spiro atoms. The van der Waals surface area contributed by atoms with Gasteiger partial charge in [0.05, 0.1) is 5.69 Å².